The summed E-state index contributed by atoms with van der Waals surface area (Å²) in [5.41, 5.74) is 0. The van der Waals surface area contributed by atoms with Gasteiger partial charge in [-0.1, -0.05) is 6.92 Å². The lowest BCUT2D eigenvalue weighted by atomic mass is 9.82. The van der Waals surface area contributed by atoms with Crippen molar-refractivity contribution in [3.05, 3.63) is 0 Å². The zero-order valence-corrected chi connectivity index (χ0v) is 7.20. The number of piperidine rings is 1. The third-order valence-corrected chi connectivity index (χ3v) is 2.33. The van der Waals surface area contributed by atoms with E-state index < -0.39 is 11.9 Å². The summed E-state index contributed by atoms with van der Waals surface area (Å²) in [5.74, 6) is -1.38. The summed E-state index contributed by atoms with van der Waals surface area (Å²) in [7, 11) is 0. The number of amides is 1. The van der Waals surface area contributed by atoms with Crippen molar-refractivity contribution in [1.82, 2.24) is 5.32 Å². The van der Waals surface area contributed by atoms with Gasteiger partial charge in [-0.3, -0.25) is 9.59 Å². The predicted octanol–water partition coefficient (Wildman–Crippen LogP) is 0.232. The third-order valence-electron chi connectivity index (χ3n) is 2.33. The molecule has 1 amide bonds. The molecular formula is C8H13NO3. The third kappa shape index (κ3) is 1.57. The van der Waals surface area contributed by atoms with Crippen LogP contribution in [0, 0.1) is 11.8 Å². The topological polar surface area (TPSA) is 66.4 Å². The number of hydrogen-bond donors (Lipinski definition) is 2. The second-order valence-electron chi connectivity index (χ2n) is 3.40. The largest absolute Gasteiger partial charge is 0.481 e. The normalized spacial score (nSPS) is 35.8. The summed E-state index contributed by atoms with van der Waals surface area (Å²) < 4.78 is 0. The average Bonchev–Trinajstić information content (AvgIpc) is 1.82. The number of carbonyl (C=O) groups is 2. The highest BCUT2D eigenvalue weighted by molar-refractivity contribution is 5.81. The van der Waals surface area contributed by atoms with Crippen molar-refractivity contribution in [2.24, 2.45) is 11.8 Å². The Morgan fingerprint density at radius 2 is 2.17 bits per heavy atom. The molecule has 4 nitrogen and oxygen atoms in total. The van der Waals surface area contributed by atoms with Gasteiger partial charge in [0.2, 0.25) is 5.91 Å². The van der Waals surface area contributed by atoms with Crippen LogP contribution >= 0.6 is 0 Å². The van der Waals surface area contributed by atoms with Crippen LogP contribution < -0.4 is 5.32 Å². The number of rotatable bonds is 1. The zero-order chi connectivity index (χ0) is 9.30. The highest BCUT2D eigenvalue weighted by Gasteiger charge is 2.36. The van der Waals surface area contributed by atoms with E-state index in [4.69, 9.17) is 5.11 Å². The van der Waals surface area contributed by atoms with Crippen molar-refractivity contribution >= 4 is 11.9 Å². The summed E-state index contributed by atoms with van der Waals surface area (Å²) in [6.07, 6.45) is 0.321. The van der Waals surface area contributed by atoms with Crippen LogP contribution in [0.15, 0.2) is 0 Å². The van der Waals surface area contributed by atoms with Crippen molar-refractivity contribution in [2.45, 2.75) is 26.3 Å². The van der Waals surface area contributed by atoms with Gasteiger partial charge in [-0.2, -0.15) is 0 Å². The molecule has 3 unspecified atom stereocenters. The fraction of sp³-hybridized carbons (Fsp3) is 0.750. The first-order chi connectivity index (χ1) is 5.52. The maximum atomic E-state index is 10.9. The molecule has 0 aromatic carbocycles. The SMILES string of the molecule is CC1CC(=O)NC(C)C1C(=O)O. The molecule has 1 heterocycles. The molecular weight excluding hydrogens is 158 g/mol. The van der Waals surface area contributed by atoms with Crippen molar-refractivity contribution < 1.29 is 14.7 Å². The van der Waals surface area contributed by atoms with E-state index in [9.17, 15) is 9.59 Å². The molecule has 1 saturated heterocycles. The molecule has 1 aliphatic heterocycles. The summed E-state index contributed by atoms with van der Waals surface area (Å²) >= 11 is 0. The minimum atomic E-state index is -0.824. The maximum absolute atomic E-state index is 10.9. The summed E-state index contributed by atoms with van der Waals surface area (Å²) in [6, 6.07) is -0.251. The van der Waals surface area contributed by atoms with E-state index in [1.807, 2.05) is 0 Å². The fourth-order valence-corrected chi connectivity index (χ4v) is 1.77. The standard InChI is InChI=1S/C8H13NO3/c1-4-3-6(10)9-5(2)7(4)8(11)12/h4-5,7H,3H2,1-2H3,(H,9,10)(H,11,12). The minimum absolute atomic E-state index is 0.0486. The van der Waals surface area contributed by atoms with Crippen LogP contribution in [0.1, 0.15) is 20.3 Å². The summed E-state index contributed by atoms with van der Waals surface area (Å²) in [4.78, 5) is 21.7. The number of carboxylic acids is 1. The Balaban J connectivity index is 2.73. The monoisotopic (exact) mass is 171 g/mol. The Labute approximate surface area is 71.0 Å². The van der Waals surface area contributed by atoms with Gasteiger partial charge >= 0.3 is 5.97 Å². The van der Waals surface area contributed by atoms with E-state index in [-0.39, 0.29) is 17.9 Å². The van der Waals surface area contributed by atoms with Gasteiger partial charge in [0.15, 0.2) is 0 Å². The van der Waals surface area contributed by atoms with Crippen LogP contribution in [0.5, 0.6) is 0 Å². The number of carbonyl (C=O) groups excluding carboxylic acids is 1. The Hall–Kier alpha value is -1.06. The predicted molar refractivity (Wildman–Crippen MR) is 42.5 cm³/mol. The van der Waals surface area contributed by atoms with Gasteiger partial charge in [0.1, 0.15) is 0 Å². The van der Waals surface area contributed by atoms with Gasteiger partial charge in [0, 0.05) is 12.5 Å². The van der Waals surface area contributed by atoms with Crippen LogP contribution in [0.2, 0.25) is 0 Å². The van der Waals surface area contributed by atoms with Crippen LogP contribution in [0.4, 0.5) is 0 Å². The maximum Gasteiger partial charge on any atom is 0.308 e. The molecule has 0 spiro atoms. The molecule has 0 aliphatic carbocycles. The van der Waals surface area contributed by atoms with Gasteiger partial charge in [-0.25, -0.2) is 0 Å². The van der Waals surface area contributed by atoms with E-state index in [0.29, 0.717) is 6.42 Å². The van der Waals surface area contributed by atoms with Gasteiger partial charge in [0.25, 0.3) is 0 Å². The first kappa shape index (κ1) is 9.03. The molecule has 0 aromatic heterocycles. The lowest BCUT2D eigenvalue weighted by Gasteiger charge is -2.31. The van der Waals surface area contributed by atoms with E-state index in [1.54, 1.807) is 13.8 Å². The average molecular weight is 171 g/mol. The first-order valence-corrected chi connectivity index (χ1v) is 4.04. The van der Waals surface area contributed by atoms with E-state index in [1.165, 1.54) is 0 Å². The quantitative estimate of drug-likeness (QED) is 0.593. The van der Waals surface area contributed by atoms with Crippen molar-refractivity contribution in [3.8, 4) is 0 Å². The van der Waals surface area contributed by atoms with Gasteiger partial charge in [-0.05, 0) is 12.8 Å². The van der Waals surface area contributed by atoms with Crippen LogP contribution in [0.25, 0.3) is 0 Å². The van der Waals surface area contributed by atoms with Crippen molar-refractivity contribution in [2.75, 3.05) is 0 Å². The zero-order valence-electron chi connectivity index (χ0n) is 7.20. The first-order valence-electron chi connectivity index (χ1n) is 4.04. The summed E-state index contributed by atoms with van der Waals surface area (Å²) in [5, 5.41) is 11.4. The van der Waals surface area contributed by atoms with Gasteiger partial charge in [0.05, 0.1) is 5.92 Å². The Morgan fingerprint density at radius 3 is 2.58 bits per heavy atom. The van der Waals surface area contributed by atoms with Crippen LogP contribution in [0.3, 0.4) is 0 Å². The molecule has 12 heavy (non-hydrogen) atoms. The molecule has 1 aliphatic rings. The molecule has 0 aromatic rings. The lowest BCUT2D eigenvalue weighted by Crippen LogP contribution is -2.49. The molecule has 68 valence electrons. The molecule has 0 bridgehead atoms. The second-order valence-corrected chi connectivity index (χ2v) is 3.40. The molecule has 1 rings (SSSR count). The Morgan fingerprint density at radius 1 is 1.58 bits per heavy atom. The lowest BCUT2D eigenvalue weighted by molar-refractivity contribution is -0.147. The molecule has 0 radical (unpaired) electrons. The van der Waals surface area contributed by atoms with E-state index >= 15 is 0 Å². The number of nitrogens with one attached hydrogen (secondary N) is 1. The smallest absolute Gasteiger partial charge is 0.308 e. The minimum Gasteiger partial charge on any atom is -0.481 e. The molecule has 0 saturated carbocycles. The second kappa shape index (κ2) is 3.13. The molecule has 2 N–H and O–H groups in total. The number of aliphatic carboxylic acids is 1. The fourth-order valence-electron chi connectivity index (χ4n) is 1.77. The Kier molecular flexibility index (Phi) is 2.35. The summed E-state index contributed by atoms with van der Waals surface area (Å²) in [6.45, 7) is 3.53. The molecule has 3 atom stereocenters. The van der Waals surface area contributed by atoms with Gasteiger partial charge < -0.3 is 10.4 Å². The Bertz CT molecular complexity index is 200. The van der Waals surface area contributed by atoms with E-state index in [2.05, 4.69) is 5.32 Å². The molecule has 4 heteroatoms. The molecule has 1 fully saturated rings. The highest BCUT2D eigenvalue weighted by atomic mass is 16.4. The van der Waals surface area contributed by atoms with Crippen molar-refractivity contribution in [3.63, 3.8) is 0 Å². The van der Waals surface area contributed by atoms with Crippen LogP contribution in [-0.4, -0.2) is 23.0 Å². The number of hydrogen-bond acceptors (Lipinski definition) is 2. The van der Waals surface area contributed by atoms with E-state index in [0.717, 1.165) is 0 Å². The van der Waals surface area contributed by atoms with Crippen LogP contribution in [-0.2, 0) is 9.59 Å². The number of carboxylic acid groups (broad SMARTS) is 1. The van der Waals surface area contributed by atoms with Crippen molar-refractivity contribution in [1.29, 1.82) is 0 Å². The van der Waals surface area contributed by atoms with Gasteiger partial charge in [-0.15, -0.1) is 0 Å². The highest BCUT2D eigenvalue weighted by Crippen LogP contribution is 2.23.